The van der Waals surface area contributed by atoms with Crippen LogP contribution in [0.5, 0.6) is 5.88 Å². The van der Waals surface area contributed by atoms with Crippen LogP contribution < -0.4 is 10.5 Å². The van der Waals surface area contributed by atoms with Crippen LogP contribution in [-0.2, 0) is 6.18 Å². The Labute approximate surface area is 89.5 Å². The third kappa shape index (κ3) is 2.84. The SMILES string of the molecule is N#Cc1cc(C(F)(F)F)cnc1OCCN. The van der Waals surface area contributed by atoms with Crippen LogP contribution in [0.3, 0.4) is 0 Å². The van der Waals surface area contributed by atoms with Gasteiger partial charge < -0.3 is 10.5 Å². The molecule has 0 unspecified atom stereocenters. The Balaban J connectivity index is 3.04. The molecule has 2 N–H and O–H groups in total. The van der Waals surface area contributed by atoms with Crippen molar-refractivity contribution in [1.82, 2.24) is 4.98 Å². The fraction of sp³-hybridized carbons (Fsp3) is 0.333. The third-order valence-electron chi connectivity index (χ3n) is 1.66. The van der Waals surface area contributed by atoms with Gasteiger partial charge >= 0.3 is 6.18 Å². The molecule has 0 atom stereocenters. The predicted molar refractivity (Wildman–Crippen MR) is 48.5 cm³/mol. The van der Waals surface area contributed by atoms with Crippen LogP contribution in [0.2, 0.25) is 0 Å². The Kier molecular flexibility index (Phi) is 3.68. The minimum Gasteiger partial charge on any atom is -0.475 e. The average Bonchev–Trinajstić information content (AvgIpc) is 2.24. The van der Waals surface area contributed by atoms with Crippen molar-refractivity contribution < 1.29 is 17.9 Å². The van der Waals surface area contributed by atoms with E-state index in [9.17, 15) is 13.2 Å². The molecule has 0 bridgehead atoms. The first-order valence-electron chi connectivity index (χ1n) is 4.29. The Morgan fingerprint density at radius 1 is 1.50 bits per heavy atom. The topological polar surface area (TPSA) is 71.9 Å². The van der Waals surface area contributed by atoms with Crippen molar-refractivity contribution in [3.8, 4) is 11.9 Å². The van der Waals surface area contributed by atoms with Gasteiger partial charge in [0.05, 0.1) is 5.56 Å². The van der Waals surface area contributed by atoms with Gasteiger partial charge in [0.1, 0.15) is 18.2 Å². The molecule has 0 aliphatic heterocycles. The first-order chi connectivity index (χ1) is 7.49. The van der Waals surface area contributed by atoms with E-state index in [0.29, 0.717) is 12.3 Å². The maximum Gasteiger partial charge on any atom is 0.417 e. The molecule has 0 aliphatic rings. The monoisotopic (exact) mass is 231 g/mol. The molecular formula is C9H8F3N3O. The molecule has 1 rings (SSSR count). The van der Waals surface area contributed by atoms with Crippen molar-refractivity contribution in [3.63, 3.8) is 0 Å². The lowest BCUT2D eigenvalue weighted by Crippen LogP contribution is -2.13. The fourth-order valence-electron chi connectivity index (χ4n) is 0.958. The Morgan fingerprint density at radius 3 is 2.69 bits per heavy atom. The highest BCUT2D eigenvalue weighted by atomic mass is 19.4. The van der Waals surface area contributed by atoms with Crippen molar-refractivity contribution in [2.75, 3.05) is 13.2 Å². The predicted octanol–water partition coefficient (Wildman–Crippen LogP) is 1.31. The molecule has 0 aromatic carbocycles. The fourth-order valence-corrected chi connectivity index (χ4v) is 0.958. The second-order valence-electron chi connectivity index (χ2n) is 2.82. The van der Waals surface area contributed by atoms with Gasteiger partial charge in [-0.05, 0) is 6.07 Å². The molecule has 7 heteroatoms. The van der Waals surface area contributed by atoms with Crippen LogP contribution in [0.1, 0.15) is 11.1 Å². The van der Waals surface area contributed by atoms with Crippen LogP contribution in [0, 0.1) is 11.3 Å². The molecule has 1 aromatic rings. The minimum atomic E-state index is -4.52. The Morgan fingerprint density at radius 2 is 2.19 bits per heavy atom. The number of alkyl halides is 3. The van der Waals surface area contributed by atoms with Crippen LogP contribution in [-0.4, -0.2) is 18.1 Å². The summed E-state index contributed by atoms with van der Waals surface area (Å²) in [4.78, 5) is 3.43. The molecular weight excluding hydrogens is 223 g/mol. The Bertz CT molecular complexity index is 411. The summed E-state index contributed by atoms with van der Waals surface area (Å²) in [6, 6.07) is 2.28. The summed E-state index contributed by atoms with van der Waals surface area (Å²) in [5, 5.41) is 8.64. The van der Waals surface area contributed by atoms with Gasteiger partial charge in [-0.2, -0.15) is 18.4 Å². The number of pyridine rings is 1. The summed E-state index contributed by atoms with van der Waals surface area (Å²) in [5.41, 5.74) is 3.91. The lowest BCUT2D eigenvalue weighted by Gasteiger charge is -2.09. The van der Waals surface area contributed by atoms with E-state index >= 15 is 0 Å². The molecule has 0 saturated carbocycles. The van der Waals surface area contributed by atoms with E-state index in [1.165, 1.54) is 0 Å². The van der Waals surface area contributed by atoms with Crippen molar-refractivity contribution in [1.29, 1.82) is 5.26 Å². The van der Waals surface area contributed by atoms with E-state index in [1.807, 2.05) is 0 Å². The molecule has 0 spiro atoms. The number of nitriles is 1. The molecule has 1 heterocycles. The lowest BCUT2D eigenvalue weighted by atomic mass is 10.2. The number of ether oxygens (including phenoxy) is 1. The van der Waals surface area contributed by atoms with Gasteiger partial charge in [-0.15, -0.1) is 0 Å². The highest BCUT2D eigenvalue weighted by Gasteiger charge is 2.31. The van der Waals surface area contributed by atoms with Crippen molar-refractivity contribution in [3.05, 3.63) is 23.4 Å². The van der Waals surface area contributed by atoms with E-state index in [1.54, 1.807) is 6.07 Å². The average molecular weight is 231 g/mol. The minimum absolute atomic E-state index is 0.0903. The molecule has 86 valence electrons. The first kappa shape index (κ1) is 12.3. The van der Waals surface area contributed by atoms with E-state index < -0.39 is 11.7 Å². The van der Waals surface area contributed by atoms with Crippen molar-refractivity contribution >= 4 is 0 Å². The molecule has 0 aliphatic carbocycles. The molecule has 4 nitrogen and oxygen atoms in total. The van der Waals surface area contributed by atoms with Gasteiger partial charge in [-0.25, -0.2) is 4.98 Å². The van der Waals surface area contributed by atoms with Gasteiger partial charge in [-0.3, -0.25) is 0 Å². The van der Waals surface area contributed by atoms with E-state index in [-0.39, 0.29) is 24.6 Å². The zero-order chi connectivity index (χ0) is 12.2. The largest absolute Gasteiger partial charge is 0.475 e. The third-order valence-corrected chi connectivity index (χ3v) is 1.66. The Hall–Kier alpha value is -1.81. The summed E-state index contributed by atoms with van der Waals surface area (Å²) in [6.07, 6.45) is -3.91. The van der Waals surface area contributed by atoms with Crippen LogP contribution in [0.4, 0.5) is 13.2 Å². The number of hydrogen-bond donors (Lipinski definition) is 1. The zero-order valence-corrected chi connectivity index (χ0v) is 8.08. The maximum atomic E-state index is 12.3. The molecule has 16 heavy (non-hydrogen) atoms. The van der Waals surface area contributed by atoms with E-state index in [2.05, 4.69) is 4.98 Å². The van der Waals surface area contributed by atoms with Gasteiger partial charge in [0.15, 0.2) is 0 Å². The molecule has 0 radical (unpaired) electrons. The van der Waals surface area contributed by atoms with Crippen LogP contribution in [0.15, 0.2) is 12.3 Å². The summed E-state index contributed by atoms with van der Waals surface area (Å²) in [5.74, 6) is -0.138. The normalized spacial score (nSPS) is 10.9. The van der Waals surface area contributed by atoms with Gasteiger partial charge in [0, 0.05) is 12.7 Å². The van der Waals surface area contributed by atoms with E-state index in [4.69, 9.17) is 15.7 Å². The highest BCUT2D eigenvalue weighted by Crippen LogP contribution is 2.30. The number of aromatic nitrogens is 1. The van der Waals surface area contributed by atoms with Crippen molar-refractivity contribution in [2.24, 2.45) is 5.73 Å². The standard InChI is InChI=1S/C9H8F3N3O/c10-9(11,12)7-3-6(4-14)8(15-5-7)16-2-1-13/h3,5H,1-2,13H2. The van der Waals surface area contributed by atoms with E-state index in [0.717, 1.165) is 0 Å². The summed E-state index contributed by atoms with van der Waals surface area (Å²) < 4.78 is 41.8. The van der Waals surface area contributed by atoms with Gasteiger partial charge in [0.2, 0.25) is 5.88 Å². The molecule has 1 aromatic heterocycles. The lowest BCUT2D eigenvalue weighted by molar-refractivity contribution is -0.137. The second kappa shape index (κ2) is 4.81. The summed E-state index contributed by atoms with van der Waals surface area (Å²) >= 11 is 0. The number of halogens is 3. The molecule has 0 saturated heterocycles. The second-order valence-corrected chi connectivity index (χ2v) is 2.82. The first-order valence-corrected chi connectivity index (χ1v) is 4.29. The smallest absolute Gasteiger partial charge is 0.417 e. The number of rotatable bonds is 3. The van der Waals surface area contributed by atoms with Crippen LogP contribution >= 0.6 is 0 Å². The van der Waals surface area contributed by atoms with Gasteiger partial charge in [0.25, 0.3) is 0 Å². The van der Waals surface area contributed by atoms with Crippen molar-refractivity contribution in [2.45, 2.75) is 6.18 Å². The molecule has 0 fully saturated rings. The quantitative estimate of drug-likeness (QED) is 0.851. The summed E-state index contributed by atoms with van der Waals surface area (Å²) in [6.45, 7) is 0.278. The number of nitrogens with zero attached hydrogens (tertiary/aromatic N) is 2. The number of nitrogens with two attached hydrogens (primary N) is 1. The maximum absolute atomic E-state index is 12.3. The zero-order valence-electron chi connectivity index (χ0n) is 8.08. The van der Waals surface area contributed by atoms with Crippen LogP contribution in [0.25, 0.3) is 0 Å². The van der Waals surface area contributed by atoms with Gasteiger partial charge in [-0.1, -0.05) is 0 Å². The summed E-state index contributed by atoms with van der Waals surface area (Å²) in [7, 11) is 0. The molecule has 0 amide bonds. The highest BCUT2D eigenvalue weighted by molar-refractivity contribution is 5.40. The number of hydrogen-bond acceptors (Lipinski definition) is 4.